The van der Waals surface area contributed by atoms with E-state index < -0.39 is 161 Å². The lowest BCUT2D eigenvalue weighted by atomic mass is 9.02. The summed E-state index contributed by atoms with van der Waals surface area (Å²) in [4.78, 5) is 0. The van der Waals surface area contributed by atoms with Gasteiger partial charge in [0.05, 0.1) is 23.3 Å². The van der Waals surface area contributed by atoms with Gasteiger partial charge in [-0.25, -0.2) is 70.2 Å². The van der Waals surface area contributed by atoms with Crippen LogP contribution in [-0.4, -0.2) is 6.15 Å². The Kier molecular flexibility index (Phi) is 10.1. The Balaban J connectivity index is 2.03. The molecule has 0 saturated carbocycles. The van der Waals surface area contributed by atoms with Crippen molar-refractivity contribution < 1.29 is 70.2 Å². The number of hydrogen-bond acceptors (Lipinski definition) is 0. The van der Waals surface area contributed by atoms with E-state index in [0.717, 1.165) is 60.7 Å². The van der Waals surface area contributed by atoms with Crippen LogP contribution in [0.1, 0.15) is 16.7 Å². The normalized spacial score (nSPS) is 18.5. The molecule has 6 aromatic carbocycles. The summed E-state index contributed by atoms with van der Waals surface area (Å²) in [5.41, 5.74) is -18.9. The molecule has 0 aliphatic heterocycles. The first-order chi connectivity index (χ1) is 27.9. The molecule has 0 nitrogen and oxygen atoms in total. The van der Waals surface area contributed by atoms with Gasteiger partial charge in [0.15, 0.2) is 52.2 Å². The van der Waals surface area contributed by atoms with Crippen molar-refractivity contribution >= 4 is 28.1 Å². The fraction of sp³-hybridized carbons (Fsp3) is 0.0476. The summed E-state index contributed by atoms with van der Waals surface area (Å²) < 4.78 is 267. The van der Waals surface area contributed by atoms with E-state index in [1.54, 1.807) is 0 Å². The molecule has 0 N–H and O–H groups in total. The number of rotatable bonds is 7. The molecule has 17 heteroatoms. The van der Waals surface area contributed by atoms with E-state index >= 15 is 57.1 Å². The third-order valence-corrected chi connectivity index (χ3v) is 10.7. The van der Waals surface area contributed by atoms with E-state index in [1.807, 2.05) is 0 Å². The van der Waals surface area contributed by atoms with Crippen LogP contribution in [-0.2, 0) is 11.0 Å². The molecule has 0 radical (unpaired) electrons. The van der Waals surface area contributed by atoms with Gasteiger partial charge in [-0.2, -0.15) is 0 Å². The zero-order chi connectivity index (χ0) is 42.9. The number of allylic oxidation sites excluding steroid dienone is 4. The van der Waals surface area contributed by atoms with Gasteiger partial charge >= 0.3 is 0 Å². The molecule has 0 bridgehead atoms. The summed E-state index contributed by atoms with van der Waals surface area (Å²) >= 11 is 0. The van der Waals surface area contributed by atoms with Gasteiger partial charge in [-0.05, 0) is 16.4 Å². The van der Waals surface area contributed by atoms with E-state index in [1.165, 1.54) is 6.07 Å². The summed E-state index contributed by atoms with van der Waals surface area (Å²) in [5, 5.41) is -4.93. The third-order valence-electron chi connectivity index (χ3n) is 10.7. The van der Waals surface area contributed by atoms with Crippen molar-refractivity contribution in [2.75, 3.05) is 0 Å². The minimum absolute atomic E-state index is 0.480. The molecule has 0 fully saturated rings. The number of hydrogen-bond donors (Lipinski definition) is 0. The standard InChI is InChI=1S/C42H18BF16/c44-22-16-25(47)32(50)36(54)29(22)43(30-23(45)17-26(48)33(51)37(30)55,31-24(46)18-27(49)34(52)38(31)56)41(20-12-6-2-7-13-20)39(57)28(19-10-4-1-5-11-19)35(53)40(58)42(41,59)21-14-8-3-9-15-21/h1-18H/q-1. The van der Waals surface area contributed by atoms with Crippen LogP contribution in [0.25, 0.3) is 5.57 Å². The topological polar surface area (TPSA) is 0 Å². The molecule has 0 heterocycles. The van der Waals surface area contributed by atoms with Gasteiger partial charge in [0.25, 0.3) is 0 Å². The lowest BCUT2D eigenvalue weighted by Crippen LogP contribution is -2.86. The Morgan fingerprint density at radius 2 is 0.695 bits per heavy atom. The molecule has 302 valence electrons. The monoisotopic (exact) mass is 837 g/mol. The lowest BCUT2D eigenvalue weighted by molar-refractivity contribution is 0.102. The fourth-order valence-corrected chi connectivity index (χ4v) is 8.54. The van der Waals surface area contributed by atoms with Gasteiger partial charge in [0.2, 0.25) is 0 Å². The highest BCUT2D eigenvalue weighted by Crippen LogP contribution is 2.65. The molecule has 6 aromatic rings. The molecule has 1 aliphatic rings. The van der Waals surface area contributed by atoms with Gasteiger partial charge < -0.3 is 0 Å². The second-order valence-corrected chi connectivity index (χ2v) is 13.4. The van der Waals surface area contributed by atoms with Crippen molar-refractivity contribution in [2.24, 2.45) is 0 Å². The first-order valence-electron chi connectivity index (χ1n) is 16.9. The summed E-state index contributed by atoms with van der Waals surface area (Å²) in [6.45, 7) is 0. The van der Waals surface area contributed by atoms with Crippen LogP contribution in [0.4, 0.5) is 70.2 Å². The minimum Gasteiger partial charge on any atom is -0.233 e. The maximum absolute atomic E-state index is 19.6. The molecule has 7 rings (SSSR count). The average Bonchev–Trinajstić information content (AvgIpc) is 3.21. The third kappa shape index (κ3) is 5.42. The van der Waals surface area contributed by atoms with E-state index in [4.69, 9.17) is 0 Å². The second kappa shape index (κ2) is 14.5. The highest BCUT2D eigenvalue weighted by Gasteiger charge is 2.72. The molecular formula is C42H18BF16-. The second-order valence-electron chi connectivity index (χ2n) is 13.4. The smallest absolute Gasteiger partial charge is 0.191 e. The zero-order valence-corrected chi connectivity index (χ0v) is 29.0. The molecule has 2 atom stereocenters. The maximum atomic E-state index is 19.6. The molecule has 0 spiro atoms. The molecular weight excluding hydrogens is 819 g/mol. The van der Waals surface area contributed by atoms with Crippen LogP contribution < -0.4 is 16.4 Å². The predicted octanol–water partition coefficient (Wildman–Crippen LogP) is 10.7. The van der Waals surface area contributed by atoms with Crippen molar-refractivity contribution in [1.82, 2.24) is 0 Å². The van der Waals surface area contributed by atoms with Crippen LogP contribution in [0.5, 0.6) is 0 Å². The van der Waals surface area contributed by atoms with Gasteiger partial charge in [0.1, 0.15) is 23.6 Å². The molecule has 2 unspecified atom stereocenters. The molecule has 59 heavy (non-hydrogen) atoms. The summed E-state index contributed by atoms with van der Waals surface area (Å²) in [5.74, 6) is -42.3. The molecule has 0 aromatic heterocycles. The van der Waals surface area contributed by atoms with Crippen molar-refractivity contribution in [3.05, 3.63) is 213 Å². The summed E-state index contributed by atoms with van der Waals surface area (Å²) in [7, 11) is 0. The van der Waals surface area contributed by atoms with Crippen LogP contribution in [0.3, 0.4) is 0 Å². The first-order valence-corrected chi connectivity index (χ1v) is 16.9. The number of benzene rings is 6. The highest BCUT2D eigenvalue weighted by atomic mass is 19.2. The van der Waals surface area contributed by atoms with Crippen molar-refractivity contribution in [3.8, 4) is 0 Å². The Morgan fingerprint density at radius 3 is 1.07 bits per heavy atom. The van der Waals surface area contributed by atoms with Crippen LogP contribution in [0.2, 0.25) is 0 Å². The molecule has 1 aliphatic carbocycles. The van der Waals surface area contributed by atoms with Crippen molar-refractivity contribution in [1.29, 1.82) is 0 Å². The van der Waals surface area contributed by atoms with E-state index in [2.05, 4.69) is 0 Å². The lowest BCUT2D eigenvalue weighted by Gasteiger charge is -2.63. The Morgan fingerprint density at radius 1 is 0.356 bits per heavy atom. The minimum atomic E-state index is -6.65. The fourth-order valence-electron chi connectivity index (χ4n) is 8.54. The predicted molar refractivity (Wildman–Crippen MR) is 185 cm³/mol. The summed E-state index contributed by atoms with van der Waals surface area (Å²) in [6.07, 6.45) is -6.65. The van der Waals surface area contributed by atoms with E-state index in [0.29, 0.717) is 24.3 Å². The van der Waals surface area contributed by atoms with Crippen molar-refractivity contribution in [2.45, 2.75) is 11.0 Å². The van der Waals surface area contributed by atoms with Crippen LogP contribution >= 0.6 is 0 Å². The first kappa shape index (κ1) is 40.9. The van der Waals surface area contributed by atoms with Crippen LogP contribution in [0, 0.1) is 69.8 Å². The highest BCUT2D eigenvalue weighted by molar-refractivity contribution is 7.14. The van der Waals surface area contributed by atoms with Gasteiger partial charge in [-0.15, -0.1) is 16.4 Å². The zero-order valence-electron chi connectivity index (χ0n) is 29.0. The Labute approximate surface area is 322 Å². The van der Waals surface area contributed by atoms with E-state index in [9.17, 15) is 13.2 Å². The Hall–Kier alpha value is -6.26. The van der Waals surface area contributed by atoms with Gasteiger partial charge in [0, 0.05) is 23.8 Å². The van der Waals surface area contributed by atoms with Gasteiger partial charge in [-0.3, -0.25) is 0 Å². The number of halogens is 16. The maximum Gasteiger partial charge on any atom is 0.191 e. The van der Waals surface area contributed by atoms with Crippen molar-refractivity contribution in [3.63, 3.8) is 0 Å². The molecule has 0 saturated heterocycles. The summed E-state index contributed by atoms with van der Waals surface area (Å²) in [6, 6.07) is 10.2. The molecule has 0 amide bonds. The average molecular weight is 837 g/mol. The van der Waals surface area contributed by atoms with Gasteiger partial charge in [-0.1, -0.05) is 96.6 Å². The Bertz CT molecular complexity index is 2580. The SMILES string of the molecule is FC1=C(F)C(F)(c2ccccc2)C(c2ccccc2)([B-](c2c(F)cc(F)c(F)c2F)(c2c(F)cc(F)c(F)c2F)c2c(F)cc(F)c(F)c2F)C(F)=C1c1ccccc1. The van der Waals surface area contributed by atoms with Crippen LogP contribution in [0.15, 0.2) is 127 Å². The largest absolute Gasteiger partial charge is 0.233 e. The van der Waals surface area contributed by atoms with E-state index in [-0.39, 0.29) is 0 Å². The number of alkyl halides is 1. The quantitative estimate of drug-likeness (QED) is 0.0650.